The molecule has 0 amide bonds. The molecule has 0 saturated carbocycles. The second kappa shape index (κ2) is 5.24. The van der Waals surface area contributed by atoms with Gasteiger partial charge in [0.25, 0.3) is 0 Å². The second-order valence-electron chi connectivity index (χ2n) is 3.23. The summed E-state index contributed by atoms with van der Waals surface area (Å²) in [7, 11) is 0. The molecule has 0 heterocycles. The first kappa shape index (κ1) is 11.4. The number of unbranched alkanes of at least 4 members (excludes halogenated alkanes) is 1. The third-order valence-corrected chi connectivity index (χ3v) is 1.91. The largest absolute Gasteiger partial charge is 0.504 e. The highest BCUT2D eigenvalue weighted by molar-refractivity contribution is 5.72. The fourth-order valence-corrected chi connectivity index (χ4v) is 1.07. The maximum atomic E-state index is 11.2. The van der Waals surface area contributed by atoms with E-state index >= 15 is 0 Å². The number of rotatable bonds is 4. The zero-order valence-corrected chi connectivity index (χ0v) is 8.56. The molecule has 0 radical (unpaired) electrons. The van der Waals surface area contributed by atoms with Crippen molar-refractivity contribution >= 4 is 5.97 Å². The fraction of sp³-hybridized carbons (Fsp3) is 0.364. The van der Waals surface area contributed by atoms with Crippen LogP contribution in [0.5, 0.6) is 17.2 Å². The van der Waals surface area contributed by atoms with Gasteiger partial charge in [-0.1, -0.05) is 13.3 Å². The van der Waals surface area contributed by atoms with E-state index in [4.69, 9.17) is 14.9 Å². The molecule has 0 bridgehead atoms. The zero-order valence-electron chi connectivity index (χ0n) is 8.56. The summed E-state index contributed by atoms with van der Waals surface area (Å²) in [6.45, 7) is 1.99. The van der Waals surface area contributed by atoms with Crippen molar-refractivity contribution < 1.29 is 19.7 Å². The molecule has 0 aromatic heterocycles. The molecule has 1 aromatic carbocycles. The minimum atomic E-state index is -0.332. The standard InChI is InChI=1S/C11H14O4/c1-2-3-4-11(14)15-8-5-6-9(12)10(13)7-8/h5-7,12-13H,2-4H2,1H3. The van der Waals surface area contributed by atoms with E-state index in [0.29, 0.717) is 6.42 Å². The van der Waals surface area contributed by atoms with Gasteiger partial charge >= 0.3 is 5.97 Å². The van der Waals surface area contributed by atoms with E-state index in [9.17, 15) is 4.79 Å². The summed E-state index contributed by atoms with van der Waals surface area (Å²) in [6, 6.07) is 3.91. The maximum Gasteiger partial charge on any atom is 0.311 e. The molecule has 0 fully saturated rings. The van der Waals surface area contributed by atoms with Crippen molar-refractivity contribution in [3.05, 3.63) is 18.2 Å². The number of phenolic OH excluding ortho intramolecular Hbond substituents is 2. The first-order chi connectivity index (χ1) is 7.13. The number of hydrogen-bond acceptors (Lipinski definition) is 4. The topological polar surface area (TPSA) is 66.8 Å². The number of esters is 1. The molecular formula is C11H14O4. The number of aromatic hydroxyl groups is 2. The Morgan fingerprint density at radius 3 is 2.67 bits per heavy atom. The monoisotopic (exact) mass is 210 g/mol. The Balaban J connectivity index is 2.57. The lowest BCUT2D eigenvalue weighted by Crippen LogP contribution is -2.07. The number of carbonyl (C=O) groups excluding carboxylic acids is 1. The van der Waals surface area contributed by atoms with Gasteiger partial charge in [-0.25, -0.2) is 0 Å². The molecule has 0 aliphatic heterocycles. The summed E-state index contributed by atoms with van der Waals surface area (Å²) in [5.74, 6) is -0.618. The van der Waals surface area contributed by atoms with Crippen molar-refractivity contribution in [3.63, 3.8) is 0 Å². The van der Waals surface area contributed by atoms with Crippen LogP contribution in [0.3, 0.4) is 0 Å². The average Bonchev–Trinajstić information content (AvgIpc) is 2.20. The highest BCUT2D eigenvalue weighted by atomic mass is 16.5. The van der Waals surface area contributed by atoms with E-state index in [1.54, 1.807) is 0 Å². The molecule has 0 spiro atoms. The lowest BCUT2D eigenvalue weighted by Gasteiger charge is -2.04. The van der Waals surface area contributed by atoms with Crippen LogP contribution in [-0.2, 0) is 4.79 Å². The molecule has 1 aromatic rings. The predicted molar refractivity (Wildman–Crippen MR) is 54.9 cm³/mol. The van der Waals surface area contributed by atoms with Gasteiger partial charge in [0.05, 0.1) is 0 Å². The zero-order chi connectivity index (χ0) is 11.3. The fourth-order valence-electron chi connectivity index (χ4n) is 1.07. The van der Waals surface area contributed by atoms with Gasteiger partial charge in [0.1, 0.15) is 5.75 Å². The molecule has 0 aliphatic carbocycles. The maximum absolute atomic E-state index is 11.2. The molecule has 4 nitrogen and oxygen atoms in total. The lowest BCUT2D eigenvalue weighted by atomic mass is 10.2. The summed E-state index contributed by atoms with van der Waals surface area (Å²) in [4.78, 5) is 11.2. The molecular weight excluding hydrogens is 196 g/mol. The molecule has 0 saturated heterocycles. The number of benzene rings is 1. The van der Waals surface area contributed by atoms with Crippen molar-refractivity contribution in [3.8, 4) is 17.2 Å². The molecule has 2 N–H and O–H groups in total. The number of phenols is 2. The number of ether oxygens (including phenoxy) is 1. The van der Waals surface area contributed by atoms with Gasteiger partial charge in [-0.3, -0.25) is 4.79 Å². The van der Waals surface area contributed by atoms with Crippen molar-refractivity contribution in [2.45, 2.75) is 26.2 Å². The molecule has 0 atom stereocenters. The molecule has 1 rings (SSSR count). The van der Waals surface area contributed by atoms with Crippen LogP contribution < -0.4 is 4.74 Å². The summed E-state index contributed by atoms with van der Waals surface area (Å²) < 4.78 is 4.94. The average molecular weight is 210 g/mol. The van der Waals surface area contributed by atoms with Crippen LogP contribution in [0, 0.1) is 0 Å². The van der Waals surface area contributed by atoms with Gasteiger partial charge in [-0.15, -0.1) is 0 Å². The van der Waals surface area contributed by atoms with Crippen LogP contribution in [0.15, 0.2) is 18.2 Å². The van der Waals surface area contributed by atoms with E-state index < -0.39 is 0 Å². The van der Waals surface area contributed by atoms with Crippen LogP contribution in [-0.4, -0.2) is 16.2 Å². The van der Waals surface area contributed by atoms with E-state index in [-0.39, 0.29) is 23.2 Å². The number of carbonyl (C=O) groups is 1. The van der Waals surface area contributed by atoms with Crippen molar-refractivity contribution in [2.24, 2.45) is 0 Å². The van der Waals surface area contributed by atoms with Crippen LogP contribution in [0.1, 0.15) is 26.2 Å². The Hall–Kier alpha value is -1.71. The molecule has 15 heavy (non-hydrogen) atoms. The summed E-state index contributed by atoms with van der Waals surface area (Å²) in [5, 5.41) is 18.2. The molecule has 0 unspecified atom stereocenters. The van der Waals surface area contributed by atoms with Gasteiger partial charge in [0, 0.05) is 12.5 Å². The second-order valence-corrected chi connectivity index (χ2v) is 3.23. The van der Waals surface area contributed by atoms with Crippen LogP contribution in [0.4, 0.5) is 0 Å². The first-order valence-electron chi connectivity index (χ1n) is 4.86. The van der Waals surface area contributed by atoms with E-state index in [2.05, 4.69) is 0 Å². The summed E-state index contributed by atoms with van der Waals surface area (Å²) >= 11 is 0. The highest BCUT2D eigenvalue weighted by Crippen LogP contribution is 2.28. The quantitative estimate of drug-likeness (QED) is 0.454. The summed E-state index contributed by atoms with van der Waals surface area (Å²) in [5.41, 5.74) is 0. The number of hydrogen-bond donors (Lipinski definition) is 2. The van der Waals surface area contributed by atoms with Gasteiger partial charge in [-0.2, -0.15) is 0 Å². The smallest absolute Gasteiger partial charge is 0.311 e. The molecule has 0 aliphatic rings. The minimum Gasteiger partial charge on any atom is -0.504 e. The third kappa shape index (κ3) is 3.50. The minimum absolute atomic E-state index is 0.233. The highest BCUT2D eigenvalue weighted by Gasteiger charge is 2.06. The normalized spacial score (nSPS) is 9.93. The van der Waals surface area contributed by atoms with Gasteiger partial charge in [0.15, 0.2) is 11.5 Å². The van der Waals surface area contributed by atoms with Crippen LogP contribution in [0.25, 0.3) is 0 Å². The van der Waals surface area contributed by atoms with Gasteiger partial charge < -0.3 is 14.9 Å². The third-order valence-electron chi connectivity index (χ3n) is 1.91. The van der Waals surface area contributed by atoms with Crippen LogP contribution in [0.2, 0.25) is 0 Å². The SMILES string of the molecule is CCCCC(=O)Oc1ccc(O)c(O)c1. The van der Waals surface area contributed by atoms with Crippen molar-refractivity contribution in [2.75, 3.05) is 0 Å². The molecule has 4 heteroatoms. The Morgan fingerprint density at radius 1 is 1.33 bits per heavy atom. The Labute approximate surface area is 88.1 Å². The Morgan fingerprint density at radius 2 is 2.07 bits per heavy atom. The Kier molecular flexibility index (Phi) is 3.97. The molecule has 82 valence electrons. The van der Waals surface area contributed by atoms with Crippen molar-refractivity contribution in [1.82, 2.24) is 0 Å². The Bertz CT molecular complexity index is 346. The van der Waals surface area contributed by atoms with Crippen LogP contribution >= 0.6 is 0 Å². The first-order valence-corrected chi connectivity index (χ1v) is 4.86. The predicted octanol–water partition coefficient (Wildman–Crippen LogP) is 2.19. The van der Waals surface area contributed by atoms with E-state index in [1.807, 2.05) is 6.92 Å². The van der Waals surface area contributed by atoms with E-state index in [0.717, 1.165) is 12.8 Å². The lowest BCUT2D eigenvalue weighted by molar-refractivity contribution is -0.134. The summed E-state index contributed by atoms with van der Waals surface area (Å²) in [6.07, 6.45) is 2.07. The van der Waals surface area contributed by atoms with Gasteiger partial charge in [0.2, 0.25) is 0 Å². The van der Waals surface area contributed by atoms with E-state index in [1.165, 1.54) is 18.2 Å². The van der Waals surface area contributed by atoms with Crippen molar-refractivity contribution in [1.29, 1.82) is 0 Å². The van der Waals surface area contributed by atoms with Gasteiger partial charge in [-0.05, 0) is 18.6 Å².